The van der Waals surface area contributed by atoms with E-state index < -0.39 is 24.0 Å². The predicted molar refractivity (Wildman–Crippen MR) is 439 cm³/mol. The van der Waals surface area contributed by atoms with Crippen molar-refractivity contribution in [1.82, 2.24) is 4.90 Å². The Morgan fingerprint density at radius 2 is 0.380 bits per heavy atom. The van der Waals surface area contributed by atoms with E-state index in [-0.39, 0.29) is 32.5 Å². The summed E-state index contributed by atoms with van der Waals surface area (Å²) < 4.78 is 46.3. The molecule has 0 unspecified atom stereocenters. The first-order valence-electron chi connectivity index (χ1n) is 38.4. The van der Waals surface area contributed by atoms with Gasteiger partial charge in [0.1, 0.15) is 33.5 Å². The van der Waals surface area contributed by atoms with Crippen molar-refractivity contribution in [1.29, 1.82) is 0 Å². The molecule has 3 aromatic heterocycles. The minimum atomic E-state index is -1.55. The van der Waals surface area contributed by atoms with Gasteiger partial charge in [-0.2, -0.15) is 0 Å². The second kappa shape index (κ2) is 30.6. The second-order valence-corrected chi connectivity index (χ2v) is 43.2. The zero-order chi connectivity index (χ0) is 73.8. The summed E-state index contributed by atoms with van der Waals surface area (Å²) in [5, 5.41) is 6.93. The topological polar surface area (TPSA) is 82.1 Å². The maximum atomic E-state index is 7.71. The Kier molecular flexibility index (Phi) is 24.2. The lowest BCUT2D eigenvalue weighted by atomic mass is 9.81. The van der Waals surface area contributed by atoms with Crippen LogP contribution in [0.25, 0.3) is 65.8 Å². The van der Waals surface area contributed by atoms with Crippen molar-refractivity contribution in [3.63, 3.8) is 0 Å². The molecule has 6 aromatic carbocycles. The zero-order valence-corrected chi connectivity index (χ0v) is 70.8. The minimum Gasteiger partial charge on any atom is -0.419 e. The lowest BCUT2D eigenvalue weighted by Gasteiger charge is -2.23. The third-order valence-electron chi connectivity index (χ3n) is 19.4. The molecule has 0 aliphatic carbocycles. The van der Waals surface area contributed by atoms with Gasteiger partial charge in [0.05, 0.1) is 18.5 Å². The third-order valence-corrected chi connectivity index (χ3v) is 23.4. The van der Waals surface area contributed by atoms with E-state index in [2.05, 4.69) is 285 Å². The van der Waals surface area contributed by atoms with Crippen molar-refractivity contribution in [2.24, 2.45) is 35.5 Å². The monoisotopic (exact) mass is 1420 g/mol. The standard InChI is InChI=1S/C90H132NO6P3/c1-55(2)37-61-43-67-68-44-62(38-56(3)4)50-74(86(16,17)18)80(68)93-98(92-79(67)73(49-61)85(13,14)15)34-31-91(32-35-99-94-81-69(45-63(39-57(5)6)51-75(81)87(19,20)21)70-46-64(40-58(7)8)52-76(82(70)95-99)88(22,23)24)33-36-100-96-83-71(47-65(41-59(9)10)53-77(83)89(25,26)27)72-48-66(42-60(11)12)54-78(84(72)97-100)90(28,29)30/h43-60H,31-42H2,1-30H3. The first kappa shape index (κ1) is 79.1. The van der Waals surface area contributed by atoms with E-state index >= 15 is 0 Å². The van der Waals surface area contributed by atoms with E-state index in [0.717, 1.165) is 104 Å². The molecule has 3 heterocycles. The van der Waals surface area contributed by atoms with Gasteiger partial charge in [0, 0.05) is 85.3 Å². The molecule has 0 aliphatic heterocycles. The van der Waals surface area contributed by atoms with Crippen LogP contribution in [0.5, 0.6) is 0 Å². The molecule has 0 spiro atoms. The summed E-state index contributed by atoms with van der Waals surface area (Å²) >= 11 is 0. The molecule has 0 saturated carbocycles. The lowest BCUT2D eigenvalue weighted by Crippen LogP contribution is -2.28. The summed E-state index contributed by atoms with van der Waals surface area (Å²) in [5.41, 5.74) is 20.0. The van der Waals surface area contributed by atoms with Gasteiger partial charge in [0.2, 0.25) is 24.0 Å². The van der Waals surface area contributed by atoms with Crippen LogP contribution in [0.3, 0.4) is 0 Å². The van der Waals surface area contributed by atoms with Crippen molar-refractivity contribution < 1.29 is 25.2 Å². The molecule has 0 atom stereocenters. The summed E-state index contributed by atoms with van der Waals surface area (Å²) in [5.74, 6) is 2.95. The number of rotatable bonds is 21. The van der Waals surface area contributed by atoms with Crippen molar-refractivity contribution in [3.8, 4) is 0 Å². The molecule has 0 radical (unpaired) electrons. The number of fused-ring (bicyclic) bond motifs is 9. The van der Waals surface area contributed by atoms with E-state index in [9.17, 15) is 0 Å². The van der Waals surface area contributed by atoms with E-state index in [1.165, 1.54) is 66.8 Å². The quantitative estimate of drug-likeness (QED) is 0.0709. The Morgan fingerprint density at radius 3 is 0.500 bits per heavy atom. The van der Waals surface area contributed by atoms with E-state index in [1.807, 2.05) is 0 Å². The predicted octanol–water partition coefficient (Wildman–Crippen LogP) is 29.2. The molecule has 9 rings (SSSR count). The van der Waals surface area contributed by atoms with Gasteiger partial charge < -0.3 is 30.1 Å². The highest BCUT2D eigenvalue weighted by Crippen LogP contribution is 2.49. The molecule has 0 saturated heterocycles. The highest BCUT2D eigenvalue weighted by Gasteiger charge is 2.31. The fourth-order valence-electron chi connectivity index (χ4n) is 14.7. The first-order valence-corrected chi connectivity index (χ1v) is 42.5. The van der Waals surface area contributed by atoms with Gasteiger partial charge in [0.15, 0.2) is 0 Å². The summed E-state index contributed by atoms with van der Waals surface area (Å²) in [6, 6.07) is 29.3. The number of hydrogen-bond acceptors (Lipinski definition) is 7. The number of benzene rings is 6. The van der Waals surface area contributed by atoms with Crippen LogP contribution in [0.1, 0.15) is 274 Å². The average Bonchev–Trinajstić information content (AvgIpc) is 1.22. The third kappa shape index (κ3) is 19.3. The Bertz CT molecular complexity index is 3790. The van der Waals surface area contributed by atoms with Crippen LogP contribution in [0, 0.1) is 35.5 Å². The molecule has 0 bridgehead atoms. The highest BCUT2D eigenvalue weighted by molar-refractivity contribution is 7.36. The van der Waals surface area contributed by atoms with Crippen LogP contribution in [0.4, 0.5) is 0 Å². The molecule has 548 valence electrons. The molecular formula is C90H132NO6P3. The molecule has 0 amide bonds. The van der Waals surface area contributed by atoms with Crippen LogP contribution in [0.15, 0.2) is 98.0 Å². The van der Waals surface area contributed by atoms with E-state index in [0.29, 0.717) is 73.6 Å². The fraction of sp³-hybridized carbons (Fsp3) is 0.600. The molecule has 0 N–H and O–H groups in total. The maximum Gasteiger partial charge on any atom is 0.217 e. The molecule has 10 heteroatoms. The maximum absolute atomic E-state index is 7.71. The van der Waals surface area contributed by atoms with Crippen molar-refractivity contribution in [2.75, 3.05) is 19.6 Å². The van der Waals surface area contributed by atoms with Gasteiger partial charge in [-0.15, -0.1) is 0 Å². The largest absolute Gasteiger partial charge is 0.419 e. The summed E-state index contributed by atoms with van der Waals surface area (Å²) in [7, 11) is -4.64. The highest BCUT2D eigenvalue weighted by atomic mass is 31.1. The summed E-state index contributed by atoms with van der Waals surface area (Å²) in [6.07, 6.45) is 7.88. The molecule has 7 nitrogen and oxygen atoms in total. The van der Waals surface area contributed by atoms with Gasteiger partial charge in [0.25, 0.3) is 0 Å². The smallest absolute Gasteiger partial charge is 0.217 e. The second-order valence-electron chi connectivity index (χ2n) is 38.8. The number of hydrogen-bond donors (Lipinski definition) is 0. The Balaban J connectivity index is 1.33. The molecule has 100 heavy (non-hydrogen) atoms. The molecule has 9 aromatic rings. The van der Waals surface area contributed by atoms with Gasteiger partial charge in [-0.1, -0.05) is 244 Å². The average molecular weight is 1420 g/mol. The van der Waals surface area contributed by atoms with Crippen LogP contribution in [0.2, 0.25) is 0 Å². The van der Waals surface area contributed by atoms with E-state index in [1.54, 1.807) is 0 Å². The Morgan fingerprint density at radius 1 is 0.240 bits per heavy atom. The SMILES string of the molecule is CC(C)Cc1cc(C(C)(C)C)c2op(CCN(CCp3oc4c(C(C)(C)C)cc(CC(C)C)cc4c4cc(CC(C)C)cc(C(C)(C)C)c4o3)CCp3oc4c(C(C)(C)C)cc(CC(C)C)cc4c4cc(CC(C)C)cc(C(C)(C)C)c4o3)oc3c(C(C)(C)C)cc(CC(C)C)cc3c2c1. The Hall–Kier alpha value is -5.02. The molecule has 0 fully saturated rings. The number of nitrogens with zero attached hydrogens (tertiary/aromatic N) is 1. The Labute approximate surface area is 608 Å². The first-order chi connectivity index (χ1) is 46.2. The van der Waals surface area contributed by atoms with Crippen molar-refractivity contribution in [3.05, 3.63) is 140 Å². The van der Waals surface area contributed by atoms with Crippen LogP contribution < -0.4 is 0 Å². The van der Waals surface area contributed by atoms with Crippen LogP contribution in [-0.2, 0) is 89.5 Å². The molecular weight excluding hydrogens is 1280 g/mol. The van der Waals surface area contributed by atoms with Gasteiger partial charge in [-0.3, -0.25) is 0 Å². The minimum absolute atomic E-state index is 0.204. The fourth-order valence-corrected chi connectivity index (χ4v) is 19.1. The summed E-state index contributed by atoms with van der Waals surface area (Å²) in [4.78, 5) is 2.65. The molecule has 0 aliphatic rings. The van der Waals surface area contributed by atoms with Gasteiger partial charge in [-0.05, 0) is 176 Å². The summed E-state index contributed by atoms with van der Waals surface area (Å²) in [6.45, 7) is 72.3. The lowest BCUT2D eigenvalue weighted by molar-refractivity contribution is 0.298. The van der Waals surface area contributed by atoms with Crippen molar-refractivity contribution >= 4 is 89.9 Å². The van der Waals surface area contributed by atoms with Crippen LogP contribution >= 0.6 is 24.0 Å². The normalized spacial score (nSPS) is 13.4. The van der Waals surface area contributed by atoms with Crippen LogP contribution in [-0.4, -0.2) is 24.5 Å². The van der Waals surface area contributed by atoms with Gasteiger partial charge >= 0.3 is 0 Å². The zero-order valence-electron chi connectivity index (χ0n) is 68.1. The van der Waals surface area contributed by atoms with Gasteiger partial charge in [-0.25, -0.2) is 0 Å². The van der Waals surface area contributed by atoms with E-state index in [4.69, 9.17) is 25.2 Å². The van der Waals surface area contributed by atoms with Crippen molar-refractivity contribution in [2.45, 2.75) is 297 Å².